The van der Waals surface area contributed by atoms with Crippen LogP contribution < -0.4 is 24.4 Å². The highest BCUT2D eigenvalue weighted by Crippen LogP contribution is 2.37. The van der Waals surface area contributed by atoms with Gasteiger partial charge in [-0.15, -0.1) is 0 Å². The van der Waals surface area contributed by atoms with E-state index < -0.39 is 17.6 Å². The molecular weight excluding hydrogens is 439 g/mol. The summed E-state index contributed by atoms with van der Waals surface area (Å²) in [5, 5.41) is 3.10. The molecule has 5 rings (SSSR count). The highest BCUT2D eigenvalue weighted by Gasteiger charge is 2.40. The molecule has 3 aromatic rings. The van der Waals surface area contributed by atoms with Gasteiger partial charge >= 0.3 is 0 Å². The van der Waals surface area contributed by atoms with Crippen LogP contribution in [-0.4, -0.2) is 31.6 Å². The van der Waals surface area contributed by atoms with Gasteiger partial charge in [-0.2, -0.15) is 0 Å². The molecule has 0 saturated heterocycles. The van der Waals surface area contributed by atoms with Crippen molar-refractivity contribution in [2.75, 3.05) is 30.0 Å². The Hall–Kier alpha value is -4.33. The number of ether oxygens (including phenoxy) is 3. The lowest BCUT2D eigenvalue weighted by atomic mass is 10.0. The molecule has 0 aliphatic carbocycles. The molecule has 0 unspecified atom stereocenters. The Labute approximate surface area is 195 Å². The minimum absolute atomic E-state index is 0.107. The number of hydrogen-bond acceptors (Lipinski definition) is 6. The SMILES string of the molecule is CCOc1ccc(C2=C(Nc3ccc4c(c3)OCCO4)C(=O)N(c3ccc(F)cc3)C2=O)cc1. The molecule has 0 radical (unpaired) electrons. The van der Waals surface area contributed by atoms with E-state index in [0.717, 1.165) is 4.90 Å². The van der Waals surface area contributed by atoms with Crippen molar-refractivity contribution >= 4 is 28.8 Å². The van der Waals surface area contributed by atoms with Crippen molar-refractivity contribution in [2.24, 2.45) is 0 Å². The quantitative estimate of drug-likeness (QED) is 0.550. The van der Waals surface area contributed by atoms with Gasteiger partial charge in [0.25, 0.3) is 11.8 Å². The van der Waals surface area contributed by atoms with Crippen LogP contribution in [0, 0.1) is 5.82 Å². The molecule has 0 saturated carbocycles. The van der Waals surface area contributed by atoms with Crippen LogP contribution in [0.25, 0.3) is 5.57 Å². The summed E-state index contributed by atoms with van der Waals surface area (Å²) in [7, 11) is 0. The van der Waals surface area contributed by atoms with E-state index in [1.165, 1.54) is 24.3 Å². The summed E-state index contributed by atoms with van der Waals surface area (Å²) in [6, 6.07) is 17.4. The molecule has 2 aliphatic rings. The number of halogens is 1. The first-order chi connectivity index (χ1) is 16.5. The Kier molecular flexibility index (Phi) is 5.63. The lowest BCUT2D eigenvalue weighted by Gasteiger charge is -2.19. The molecular formula is C26H21FN2O5. The number of imide groups is 1. The fraction of sp³-hybridized carbons (Fsp3) is 0.154. The first kappa shape index (κ1) is 21.5. The van der Waals surface area contributed by atoms with Crippen LogP contribution >= 0.6 is 0 Å². The molecule has 0 bridgehead atoms. The second-order valence-electron chi connectivity index (χ2n) is 7.61. The van der Waals surface area contributed by atoms with Crippen LogP contribution in [0.3, 0.4) is 0 Å². The van der Waals surface area contributed by atoms with Crippen molar-refractivity contribution in [3.05, 3.63) is 83.8 Å². The van der Waals surface area contributed by atoms with Crippen LogP contribution in [0.2, 0.25) is 0 Å². The topological polar surface area (TPSA) is 77.1 Å². The fourth-order valence-corrected chi connectivity index (χ4v) is 3.89. The number of rotatable bonds is 6. The Morgan fingerprint density at radius 3 is 2.32 bits per heavy atom. The predicted molar refractivity (Wildman–Crippen MR) is 124 cm³/mol. The summed E-state index contributed by atoms with van der Waals surface area (Å²) in [5.74, 6) is 0.291. The third-order valence-electron chi connectivity index (χ3n) is 5.43. The maximum absolute atomic E-state index is 13.5. The first-order valence-corrected chi connectivity index (χ1v) is 10.8. The van der Waals surface area contributed by atoms with Gasteiger partial charge in [0.1, 0.15) is 30.5 Å². The molecule has 1 N–H and O–H groups in total. The second kappa shape index (κ2) is 8.90. The number of benzene rings is 3. The van der Waals surface area contributed by atoms with Crippen LogP contribution in [0.1, 0.15) is 12.5 Å². The van der Waals surface area contributed by atoms with Crippen molar-refractivity contribution in [1.29, 1.82) is 0 Å². The average molecular weight is 460 g/mol. The fourth-order valence-electron chi connectivity index (χ4n) is 3.89. The number of nitrogens with one attached hydrogen (secondary N) is 1. The molecule has 34 heavy (non-hydrogen) atoms. The third kappa shape index (κ3) is 3.94. The van der Waals surface area contributed by atoms with Crippen molar-refractivity contribution < 1.29 is 28.2 Å². The zero-order chi connectivity index (χ0) is 23.7. The molecule has 0 atom stereocenters. The summed E-state index contributed by atoms with van der Waals surface area (Å²) < 4.78 is 30.1. The molecule has 0 aromatic heterocycles. The first-order valence-electron chi connectivity index (χ1n) is 10.8. The van der Waals surface area contributed by atoms with Crippen LogP contribution in [-0.2, 0) is 9.59 Å². The molecule has 3 aromatic carbocycles. The van der Waals surface area contributed by atoms with Gasteiger partial charge in [-0.25, -0.2) is 9.29 Å². The van der Waals surface area contributed by atoms with Gasteiger partial charge in [-0.05, 0) is 61.0 Å². The van der Waals surface area contributed by atoms with E-state index in [9.17, 15) is 14.0 Å². The van der Waals surface area contributed by atoms with Crippen LogP contribution in [0.5, 0.6) is 17.2 Å². The Morgan fingerprint density at radius 2 is 1.62 bits per heavy atom. The van der Waals surface area contributed by atoms with Gasteiger partial charge in [-0.3, -0.25) is 9.59 Å². The van der Waals surface area contributed by atoms with Gasteiger partial charge in [0.05, 0.1) is 17.9 Å². The minimum atomic E-state index is -0.546. The number of nitrogens with zero attached hydrogens (tertiary/aromatic N) is 1. The smallest absolute Gasteiger partial charge is 0.282 e. The molecule has 2 aliphatic heterocycles. The Balaban J connectivity index is 1.56. The monoisotopic (exact) mass is 460 g/mol. The maximum Gasteiger partial charge on any atom is 0.282 e. The normalized spacial score (nSPS) is 15.1. The molecule has 2 amide bonds. The van der Waals surface area contributed by atoms with E-state index in [-0.39, 0.29) is 17.0 Å². The zero-order valence-electron chi connectivity index (χ0n) is 18.3. The summed E-state index contributed by atoms with van der Waals surface area (Å²) in [4.78, 5) is 28.0. The predicted octanol–water partition coefficient (Wildman–Crippen LogP) is 4.39. The molecule has 0 fully saturated rings. The largest absolute Gasteiger partial charge is 0.494 e. The van der Waals surface area contributed by atoms with E-state index >= 15 is 0 Å². The molecule has 172 valence electrons. The zero-order valence-corrected chi connectivity index (χ0v) is 18.3. The van der Waals surface area contributed by atoms with Gasteiger partial charge in [0, 0.05) is 11.8 Å². The number of fused-ring (bicyclic) bond motifs is 1. The number of amides is 2. The molecule has 0 spiro atoms. The van der Waals surface area contributed by atoms with Crippen LogP contribution in [0.15, 0.2) is 72.4 Å². The lowest BCUT2D eigenvalue weighted by molar-refractivity contribution is -0.120. The molecule has 8 heteroatoms. The molecule has 7 nitrogen and oxygen atoms in total. The Bertz CT molecular complexity index is 1290. The minimum Gasteiger partial charge on any atom is -0.494 e. The Morgan fingerprint density at radius 1 is 0.912 bits per heavy atom. The highest BCUT2D eigenvalue weighted by molar-refractivity contribution is 6.46. The van der Waals surface area contributed by atoms with Gasteiger partial charge < -0.3 is 19.5 Å². The number of hydrogen-bond donors (Lipinski definition) is 1. The van der Waals surface area contributed by atoms with Crippen molar-refractivity contribution in [2.45, 2.75) is 6.92 Å². The van der Waals surface area contributed by atoms with E-state index in [4.69, 9.17) is 14.2 Å². The standard InChI is InChI=1S/C26H21FN2O5/c1-2-32-20-10-3-16(4-11-20)23-24(28-18-7-12-21-22(15-18)34-14-13-33-21)26(31)29(25(23)30)19-8-5-17(27)6-9-19/h3-12,15,28H,2,13-14H2,1H3. The lowest BCUT2D eigenvalue weighted by Crippen LogP contribution is -2.32. The summed E-state index contributed by atoms with van der Waals surface area (Å²) in [6.07, 6.45) is 0. The average Bonchev–Trinajstić information content (AvgIpc) is 3.09. The van der Waals surface area contributed by atoms with Gasteiger partial charge in [0.2, 0.25) is 0 Å². The van der Waals surface area contributed by atoms with E-state index in [0.29, 0.717) is 48.3 Å². The number of carbonyl (C=O) groups is 2. The number of carbonyl (C=O) groups excluding carboxylic acids is 2. The summed E-state index contributed by atoms with van der Waals surface area (Å²) >= 11 is 0. The third-order valence-corrected chi connectivity index (χ3v) is 5.43. The maximum atomic E-state index is 13.5. The highest BCUT2D eigenvalue weighted by atomic mass is 19.1. The van der Waals surface area contributed by atoms with Crippen molar-refractivity contribution in [3.8, 4) is 17.2 Å². The number of anilines is 2. The van der Waals surface area contributed by atoms with Crippen molar-refractivity contribution in [3.63, 3.8) is 0 Å². The van der Waals surface area contributed by atoms with E-state index in [1.54, 1.807) is 42.5 Å². The van der Waals surface area contributed by atoms with E-state index in [1.807, 2.05) is 6.92 Å². The molecule has 2 heterocycles. The second-order valence-corrected chi connectivity index (χ2v) is 7.61. The van der Waals surface area contributed by atoms with Crippen LogP contribution in [0.4, 0.5) is 15.8 Å². The van der Waals surface area contributed by atoms with E-state index in [2.05, 4.69) is 5.32 Å². The van der Waals surface area contributed by atoms with Gasteiger partial charge in [0.15, 0.2) is 11.5 Å². The van der Waals surface area contributed by atoms with Gasteiger partial charge in [-0.1, -0.05) is 12.1 Å². The van der Waals surface area contributed by atoms with Crippen molar-refractivity contribution in [1.82, 2.24) is 0 Å². The summed E-state index contributed by atoms with van der Waals surface area (Å²) in [6.45, 7) is 3.28. The summed E-state index contributed by atoms with van der Waals surface area (Å²) in [5.41, 5.74) is 1.69.